The van der Waals surface area contributed by atoms with Crippen LogP contribution in [0.15, 0.2) is 24.5 Å². The van der Waals surface area contributed by atoms with Crippen molar-refractivity contribution in [1.29, 1.82) is 0 Å². The van der Waals surface area contributed by atoms with Crippen LogP contribution in [0.25, 0.3) is 11.0 Å². The topological polar surface area (TPSA) is 39.1 Å². The second-order valence-electron chi connectivity index (χ2n) is 4.59. The molecule has 0 spiro atoms. The van der Waals surface area contributed by atoms with Gasteiger partial charge in [0, 0.05) is 13.1 Å². The molecule has 0 radical (unpaired) electrons. The van der Waals surface area contributed by atoms with Crippen molar-refractivity contribution in [2.45, 2.75) is 19.6 Å². The molecule has 4 nitrogen and oxygen atoms in total. The maximum atomic E-state index is 5.71. The zero-order valence-corrected chi connectivity index (χ0v) is 10.0. The van der Waals surface area contributed by atoms with Gasteiger partial charge in [0.05, 0.1) is 36.6 Å². The summed E-state index contributed by atoms with van der Waals surface area (Å²) in [6.07, 6.45) is 2.16. The summed E-state index contributed by atoms with van der Waals surface area (Å²) >= 11 is 0. The largest absolute Gasteiger partial charge is 0.374 e. The summed E-state index contributed by atoms with van der Waals surface area (Å²) in [6, 6.07) is 6.38. The number of hydrogen-bond acceptors (Lipinski definition) is 3. The molecule has 0 bridgehead atoms. The van der Waals surface area contributed by atoms with Crippen molar-refractivity contribution in [3.63, 3.8) is 0 Å². The van der Waals surface area contributed by atoms with E-state index < -0.39 is 0 Å². The first kappa shape index (κ1) is 10.7. The molecule has 1 aliphatic heterocycles. The minimum Gasteiger partial charge on any atom is -0.374 e. The van der Waals surface area contributed by atoms with Gasteiger partial charge < -0.3 is 14.6 Å². The first-order valence-electron chi connectivity index (χ1n) is 6.07. The van der Waals surface area contributed by atoms with Crippen molar-refractivity contribution in [3.8, 4) is 0 Å². The molecule has 1 unspecified atom stereocenters. The lowest BCUT2D eigenvalue weighted by molar-refractivity contribution is 0.0188. The highest BCUT2D eigenvalue weighted by Gasteiger charge is 2.14. The molecule has 1 aromatic carbocycles. The predicted octanol–water partition coefficient (Wildman–Crippen LogP) is 1.33. The van der Waals surface area contributed by atoms with Crippen LogP contribution in [-0.2, 0) is 11.3 Å². The molecule has 2 heterocycles. The predicted molar refractivity (Wildman–Crippen MR) is 67.1 cm³/mol. The van der Waals surface area contributed by atoms with Crippen molar-refractivity contribution in [3.05, 3.63) is 30.1 Å². The summed E-state index contributed by atoms with van der Waals surface area (Å²) in [5.74, 6) is 0. The Labute approximate surface area is 101 Å². The standard InChI is InChI=1S/C13H17N3O/c1-10-2-3-13-12(6-10)15-9-16(13)8-11-7-14-4-5-17-11/h2-3,6,9,11,14H,4-5,7-8H2,1H3. The lowest BCUT2D eigenvalue weighted by atomic mass is 10.2. The molecular weight excluding hydrogens is 214 g/mol. The molecule has 0 aliphatic carbocycles. The fourth-order valence-corrected chi connectivity index (χ4v) is 2.28. The van der Waals surface area contributed by atoms with E-state index in [4.69, 9.17) is 4.74 Å². The summed E-state index contributed by atoms with van der Waals surface area (Å²) in [6.45, 7) is 5.64. The third-order valence-electron chi connectivity index (χ3n) is 3.18. The molecule has 3 rings (SSSR count). The molecule has 1 N–H and O–H groups in total. The third kappa shape index (κ3) is 2.18. The summed E-state index contributed by atoms with van der Waals surface area (Å²) in [5.41, 5.74) is 3.50. The van der Waals surface area contributed by atoms with Crippen LogP contribution in [0.2, 0.25) is 0 Å². The number of benzene rings is 1. The number of rotatable bonds is 2. The molecule has 1 aromatic heterocycles. The van der Waals surface area contributed by atoms with Crippen LogP contribution in [0.5, 0.6) is 0 Å². The van der Waals surface area contributed by atoms with Crippen molar-refractivity contribution >= 4 is 11.0 Å². The van der Waals surface area contributed by atoms with Gasteiger partial charge >= 0.3 is 0 Å². The van der Waals surface area contributed by atoms with Crippen LogP contribution >= 0.6 is 0 Å². The molecule has 17 heavy (non-hydrogen) atoms. The number of aryl methyl sites for hydroxylation is 1. The Balaban J connectivity index is 1.84. The first-order chi connectivity index (χ1) is 8.33. The normalized spacial score (nSPS) is 20.9. The molecule has 0 amide bonds. The Morgan fingerprint density at radius 2 is 2.47 bits per heavy atom. The van der Waals surface area contributed by atoms with Crippen LogP contribution < -0.4 is 5.32 Å². The van der Waals surface area contributed by atoms with Gasteiger partial charge in [0.15, 0.2) is 0 Å². The van der Waals surface area contributed by atoms with Gasteiger partial charge in [0.2, 0.25) is 0 Å². The summed E-state index contributed by atoms with van der Waals surface area (Å²) in [7, 11) is 0. The molecule has 90 valence electrons. The summed E-state index contributed by atoms with van der Waals surface area (Å²) < 4.78 is 7.89. The number of fused-ring (bicyclic) bond motifs is 1. The van der Waals surface area contributed by atoms with Gasteiger partial charge in [-0.3, -0.25) is 0 Å². The van der Waals surface area contributed by atoms with Gasteiger partial charge in [0.25, 0.3) is 0 Å². The van der Waals surface area contributed by atoms with Crippen molar-refractivity contribution < 1.29 is 4.74 Å². The summed E-state index contributed by atoms with van der Waals surface area (Å²) in [5, 5.41) is 3.35. The maximum Gasteiger partial charge on any atom is 0.0959 e. The van der Waals surface area contributed by atoms with Crippen molar-refractivity contribution in [2.75, 3.05) is 19.7 Å². The maximum absolute atomic E-state index is 5.71. The Morgan fingerprint density at radius 1 is 1.53 bits per heavy atom. The van der Waals surface area contributed by atoms with E-state index in [9.17, 15) is 0 Å². The Hall–Kier alpha value is -1.39. The van der Waals surface area contributed by atoms with Crippen molar-refractivity contribution in [2.24, 2.45) is 0 Å². The smallest absolute Gasteiger partial charge is 0.0959 e. The van der Waals surface area contributed by atoms with E-state index in [2.05, 4.69) is 40.0 Å². The number of nitrogens with zero attached hydrogens (tertiary/aromatic N) is 2. The summed E-state index contributed by atoms with van der Waals surface area (Å²) in [4.78, 5) is 4.43. The molecular formula is C13H17N3O. The SMILES string of the molecule is Cc1ccc2c(c1)ncn2CC1CNCCO1. The third-order valence-corrected chi connectivity index (χ3v) is 3.18. The monoisotopic (exact) mass is 231 g/mol. The van der Waals surface area contributed by atoms with E-state index in [1.165, 1.54) is 11.1 Å². The lowest BCUT2D eigenvalue weighted by Gasteiger charge is -2.24. The van der Waals surface area contributed by atoms with Gasteiger partial charge in [-0.1, -0.05) is 6.07 Å². The zero-order chi connectivity index (χ0) is 11.7. The number of ether oxygens (including phenoxy) is 1. The molecule has 0 saturated carbocycles. The fraction of sp³-hybridized carbons (Fsp3) is 0.462. The van der Waals surface area contributed by atoms with Gasteiger partial charge in [-0.05, 0) is 24.6 Å². The molecule has 1 atom stereocenters. The molecule has 1 fully saturated rings. The average molecular weight is 231 g/mol. The Morgan fingerprint density at radius 3 is 3.29 bits per heavy atom. The van der Waals surface area contributed by atoms with Gasteiger partial charge in [-0.25, -0.2) is 4.98 Å². The van der Waals surface area contributed by atoms with E-state index in [0.717, 1.165) is 31.8 Å². The van der Waals surface area contributed by atoms with E-state index in [-0.39, 0.29) is 6.10 Å². The second kappa shape index (κ2) is 4.47. The molecule has 2 aromatic rings. The van der Waals surface area contributed by atoms with Crippen LogP contribution in [-0.4, -0.2) is 35.4 Å². The highest BCUT2D eigenvalue weighted by molar-refractivity contribution is 5.75. The van der Waals surface area contributed by atoms with Crippen molar-refractivity contribution in [1.82, 2.24) is 14.9 Å². The number of hydrogen-bond donors (Lipinski definition) is 1. The highest BCUT2D eigenvalue weighted by atomic mass is 16.5. The van der Waals surface area contributed by atoms with Gasteiger partial charge in [-0.2, -0.15) is 0 Å². The van der Waals surface area contributed by atoms with Gasteiger partial charge in [0.1, 0.15) is 0 Å². The molecule has 1 saturated heterocycles. The van der Waals surface area contributed by atoms with E-state index >= 15 is 0 Å². The van der Waals surface area contributed by atoms with E-state index in [1.54, 1.807) is 0 Å². The average Bonchev–Trinajstić information content (AvgIpc) is 2.73. The number of nitrogens with one attached hydrogen (secondary N) is 1. The quantitative estimate of drug-likeness (QED) is 0.847. The number of morpholine rings is 1. The second-order valence-corrected chi connectivity index (χ2v) is 4.59. The first-order valence-corrected chi connectivity index (χ1v) is 6.07. The van der Waals surface area contributed by atoms with Crippen LogP contribution in [0, 0.1) is 6.92 Å². The zero-order valence-electron chi connectivity index (χ0n) is 10.0. The van der Waals surface area contributed by atoms with E-state index in [0.29, 0.717) is 0 Å². The molecule has 1 aliphatic rings. The lowest BCUT2D eigenvalue weighted by Crippen LogP contribution is -2.40. The van der Waals surface area contributed by atoms with Crippen LogP contribution in [0.4, 0.5) is 0 Å². The van der Waals surface area contributed by atoms with E-state index in [1.807, 2.05) is 6.33 Å². The Kier molecular flexibility index (Phi) is 2.82. The highest BCUT2D eigenvalue weighted by Crippen LogP contribution is 2.15. The van der Waals surface area contributed by atoms with Gasteiger partial charge in [-0.15, -0.1) is 0 Å². The minimum absolute atomic E-state index is 0.252. The number of imidazole rings is 1. The molecule has 4 heteroatoms. The van der Waals surface area contributed by atoms with Crippen LogP contribution in [0.1, 0.15) is 5.56 Å². The van der Waals surface area contributed by atoms with Crippen LogP contribution in [0.3, 0.4) is 0 Å². The number of aromatic nitrogens is 2. The fourth-order valence-electron chi connectivity index (χ4n) is 2.28. The minimum atomic E-state index is 0.252. The Bertz CT molecular complexity index is 514.